The topological polar surface area (TPSA) is 52.7 Å². The molecular weight excluding hydrogens is 302 g/mol. The minimum Gasteiger partial charge on any atom is -0.339 e. The molecule has 0 radical (unpaired) electrons. The van der Waals surface area contributed by atoms with Gasteiger partial charge in [0.05, 0.1) is 6.54 Å². The quantitative estimate of drug-likeness (QED) is 0.923. The maximum atomic E-state index is 12.3. The van der Waals surface area contributed by atoms with Gasteiger partial charge in [0.2, 0.25) is 11.8 Å². The fraction of sp³-hybridized carbons (Fsp3) is 0.579. The van der Waals surface area contributed by atoms with E-state index in [4.69, 9.17) is 0 Å². The number of nitrogens with zero attached hydrogens (tertiary/aromatic N) is 2. The van der Waals surface area contributed by atoms with Crippen LogP contribution in [-0.2, 0) is 9.59 Å². The number of hydrogen-bond donors (Lipinski definition) is 1. The van der Waals surface area contributed by atoms with Crippen LogP contribution in [0.3, 0.4) is 0 Å². The number of fused-ring (bicyclic) bond motifs is 4. The minimum atomic E-state index is 0.0535. The van der Waals surface area contributed by atoms with Crippen LogP contribution in [0.15, 0.2) is 30.3 Å². The molecule has 5 heteroatoms. The Labute approximate surface area is 143 Å². The summed E-state index contributed by atoms with van der Waals surface area (Å²) in [6, 6.07) is 10.0. The molecule has 3 aliphatic heterocycles. The average Bonchev–Trinajstić information content (AvgIpc) is 2.56. The third-order valence-corrected chi connectivity index (χ3v) is 5.68. The Bertz CT molecular complexity index is 618. The van der Waals surface area contributed by atoms with Crippen molar-refractivity contribution in [2.24, 2.45) is 11.8 Å². The number of amides is 2. The van der Waals surface area contributed by atoms with Crippen LogP contribution in [0.25, 0.3) is 0 Å². The molecule has 0 saturated carbocycles. The smallest absolute Gasteiger partial charge is 0.238 e. The van der Waals surface area contributed by atoms with Crippen LogP contribution in [-0.4, -0.2) is 53.8 Å². The predicted octanol–water partition coefficient (Wildman–Crippen LogP) is 1.96. The van der Waals surface area contributed by atoms with E-state index in [9.17, 15) is 9.59 Å². The summed E-state index contributed by atoms with van der Waals surface area (Å²) in [5.74, 6) is 1.45. The van der Waals surface area contributed by atoms with Crippen LogP contribution in [0, 0.1) is 11.8 Å². The Morgan fingerprint density at radius 3 is 2.83 bits per heavy atom. The number of piperidine rings is 3. The third-order valence-electron chi connectivity index (χ3n) is 5.68. The lowest BCUT2D eigenvalue weighted by molar-refractivity contribution is -0.145. The highest BCUT2D eigenvalue weighted by atomic mass is 16.2. The van der Waals surface area contributed by atoms with E-state index >= 15 is 0 Å². The molecular formula is C19H25N3O2. The second-order valence-electron chi connectivity index (χ2n) is 7.48. The number of carbonyl (C=O) groups is 2. The lowest BCUT2D eigenvalue weighted by Gasteiger charge is -2.52. The standard InChI is InChI=1S/C19H25N3O2/c23-18(20-16-5-2-1-3-6-16)13-21-10-14-9-15(12-21)17-7-4-8-19(24)22(17)11-14/h1-3,5-6,14-15,17H,4,7-13H2,(H,20,23)/t14-,15-,17-/m1/s1. The van der Waals surface area contributed by atoms with Crippen LogP contribution in [0.5, 0.6) is 0 Å². The Kier molecular flexibility index (Phi) is 4.27. The average molecular weight is 327 g/mol. The van der Waals surface area contributed by atoms with Crippen molar-refractivity contribution < 1.29 is 9.59 Å². The first kappa shape index (κ1) is 15.6. The van der Waals surface area contributed by atoms with Crippen LogP contribution >= 0.6 is 0 Å². The van der Waals surface area contributed by atoms with Gasteiger partial charge in [-0.2, -0.15) is 0 Å². The molecule has 0 aliphatic carbocycles. The van der Waals surface area contributed by atoms with E-state index in [0.717, 1.165) is 44.6 Å². The molecule has 2 amide bonds. The lowest BCUT2D eigenvalue weighted by atomic mass is 9.76. The van der Waals surface area contributed by atoms with E-state index in [1.807, 2.05) is 30.3 Å². The zero-order valence-corrected chi connectivity index (χ0v) is 14.0. The molecule has 24 heavy (non-hydrogen) atoms. The summed E-state index contributed by atoms with van der Waals surface area (Å²) in [7, 11) is 0. The normalized spacial score (nSPS) is 29.9. The molecule has 0 unspecified atom stereocenters. The summed E-state index contributed by atoms with van der Waals surface area (Å²) >= 11 is 0. The molecule has 0 aromatic heterocycles. The van der Waals surface area contributed by atoms with E-state index < -0.39 is 0 Å². The molecule has 3 aliphatic rings. The number of anilines is 1. The van der Waals surface area contributed by atoms with E-state index in [2.05, 4.69) is 15.1 Å². The highest BCUT2D eigenvalue weighted by molar-refractivity contribution is 5.92. The monoisotopic (exact) mass is 327 g/mol. The number of para-hydroxylation sites is 1. The maximum Gasteiger partial charge on any atom is 0.238 e. The predicted molar refractivity (Wildman–Crippen MR) is 92.5 cm³/mol. The van der Waals surface area contributed by atoms with Gasteiger partial charge in [-0.3, -0.25) is 14.5 Å². The van der Waals surface area contributed by atoms with E-state index in [0.29, 0.717) is 30.3 Å². The summed E-state index contributed by atoms with van der Waals surface area (Å²) in [4.78, 5) is 28.9. The van der Waals surface area contributed by atoms with Crippen molar-refractivity contribution in [3.8, 4) is 0 Å². The molecule has 4 rings (SSSR count). The highest BCUT2D eigenvalue weighted by Gasteiger charge is 2.43. The minimum absolute atomic E-state index is 0.0535. The summed E-state index contributed by atoms with van der Waals surface area (Å²) in [5, 5.41) is 2.97. The van der Waals surface area contributed by atoms with Gasteiger partial charge in [-0.05, 0) is 43.2 Å². The number of carbonyl (C=O) groups excluding carboxylic acids is 2. The number of nitrogens with one attached hydrogen (secondary N) is 1. The summed E-state index contributed by atoms with van der Waals surface area (Å²) < 4.78 is 0. The molecule has 2 bridgehead atoms. The van der Waals surface area contributed by atoms with Crippen molar-refractivity contribution in [2.45, 2.75) is 31.7 Å². The highest BCUT2D eigenvalue weighted by Crippen LogP contribution is 2.37. The SMILES string of the molecule is O=C(CN1C[C@H]2C[C@H](C1)[C@H]1CCCC(=O)N1C2)Nc1ccccc1. The largest absolute Gasteiger partial charge is 0.339 e. The van der Waals surface area contributed by atoms with Gasteiger partial charge in [0.15, 0.2) is 0 Å². The molecule has 3 saturated heterocycles. The first-order valence-corrected chi connectivity index (χ1v) is 9.06. The number of rotatable bonds is 3. The Balaban J connectivity index is 1.37. The number of likely N-dealkylation sites (tertiary alicyclic amines) is 1. The van der Waals surface area contributed by atoms with E-state index in [-0.39, 0.29) is 5.91 Å². The molecule has 3 fully saturated rings. The maximum absolute atomic E-state index is 12.3. The van der Waals surface area contributed by atoms with Crippen molar-refractivity contribution >= 4 is 17.5 Å². The molecule has 128 valence electrons. The lowest BCUT2D eigenvalue weighted by Crippen LogP contribution is -2.61. The Hall–Kier alpha value is -1.88. The number of benzene rings is 1. The zero-order chi connectivity index (χ0) is 16.5. The molecule has 0 spiro atoms. The van der Waals surface area contributed by atoms with Gasteiger partial charge in [-0.15, -0.1) is 0 Å². The first-order chi connectivity index (χ1) is 11.7. The van der Waals surface area contributed by atoms with Crippen LogP contribution in [0.1, 0.15) is 25.7 Å². The molecule has 3 heterocycles. The molecule has 3 atom stereocenters. The third kappa shape index (κ3) is 3.18. The van der Waals surface area contributed by atoms with Crippen LogP contribution < -0.4 is 5.32 Å². The zero-order valence-electron chi connectivity index (χ0n) is 14.0. The Morgan fingerprint density at radius 2 is 2.00 bits per heavy atom. The van der Waals surface area contributed by atoms with Gasteiger partial charge in [-0.1, -0.05) is 18.2 Å². The van der Waals surface area contributed by atoms with Crippen molar-refractivity contribution in [3.63, 3.8) is 0 Å². The fourth-order valence-corrected chi connectivity index (χ4v) is 4.77. The summed E-state index contributed by atoms with van der Waals surface area (Å²) in [5.41, 5.74) is 0.851. The van der Waals surface area contributed by atoms with Crippen LogP contribution in [0.2, 0.25) is 0 Å². The molecule has 1 aromatic carbocycles. The fourth-order valence-electron chi connectivity index (χ4n) is 4.77. The van der Waals surface area contributed by atoms with Crippen molar-refractivity contribution in [3.05, 3.63) is 30.3 Å². The van der Waals surface area contributed by atoms with Gasteiger partial charge >= 0.3 is 0 Å². The summed E-state index contributed by atoms with van der Waals surface area (Å²) in [6.45, 7) is 3.20. The van der Waals surface area contributed by atoms with Crippen LogP contribution in [0.4, 0.5) is 5.69 Å². The second kappa shape index (κ2) is 6.55. The number of hydrogen-bond acceptors (Lipinski definition) is 3. The van der Waals surface area contributed by atoms with E-state index in [1.165, 1.54) is 6.42 Å². The van der Waals surface area contributed by atoms with Crippen molar-refractivity contribution in [2.75, 3.05) is 31.5 Å². The van der Waals surface area contributed by atoms with Gasteiger partial charge in [0, 0.05) is 37.8 Å². The summed E-state index contributed by atoms with van der Waals surface area (Å²) in [6.07, 6.45) is 4.09. The van der Waals surface area contributed by atoms with E-state index in [1.54, 1.807) is 0 Å². The second-order valence-corrected chi connectivity index (χ2v) is 7.48. The first-order valence-electron chi connectivity index (χ1n) is 9.06. The molecule has 1 aromatic rings. The molecule has 1 N–H and O–H groups in total. The van der Waals surface area contributed by atoms with Gasteiger partial charge in [0.1, 0.15) is 0 Å². The Morgan fingerprint density at radius 1 is 1.17 bits per heavy atom. The van der Waals surface area contributed by atoms with Crippen molar-refractivity contribution in [1.29, 1.82) is 0 Å². The molecule has 5 nitrogen and oxygen atoms in total. The van der Waals surface area contributed by atoms with Gasteiger partial charge in [0.25, 0.3) is 0 Å². The van der Waals surface area contributed by atoms with Gasteiger partial charge < -0.3 is 10.2 Å². The van der Waals surface area contributed by atoms with Crippen molar-refractivity contribution in [1.82, 2.24) is 9.80 Å². The van der Waals surface area contributed by atoms with Gasteiger partial charge in [-0.25, -0.2) is 0 Å².